The number of ether oxygens (including phenoxy) is 3. The lowest BCUT2D eigenvalue weighted by atomic mass is 9.82. The van der Waals surface area contributed by atoms with Crippen LogP contribution in [0.2, 0.25) is 0 Å². The molecule has 3 heterocycles. The molecule has 4 rings (SSSR count). The van der Waals surface area contributed by atoms with Gasteiger partial charge in [0.1, 0.15) is 18.1 Å². The van der Waals surface area contributed by atoms with Crippen molar-refractivity contribution in [1.29, 1.82) is 0 Å². The van der Waals surface area contributed by atoms with Gasteiger partial charge in [0.05, 0.1) is 20.1 Å². The zero-order valence-corrected chi connectivity index (χ0v) is 26.3. The predicted molar refractivity (Wildman–Crippen MR) is 158 cm³/mol. The number of methoxy groups -OCH3 is 1. The second-order valence-corrected chi connectivity index (χ2v) is 12.3. The maximum absolute atomic E-state index is 13.6. The normalized spacial score (nSPS) is 14.2. The van der Waals surface area contributed by atoms with Gasteiger partial charge in [-0.05, 0) is 53.5 Å². The molecular formula is C32H36F6N4O5. The molecule has 0 saturated carbocycles. The molecule has 1 unspecified atom stereocenters. The van der Waals surface area contributed by atoms with Gasteiger partial charge in [-0.25, -0.2) is 9.78 Å². The number of nitrogens with zero attached hydrogens (tertiary/aromatic N) is 3. The Balaban J connectivity index is 1.63. The number of esters is 2. The number of rotatable bonds is 11. The van der Waals surface area contributed by atoms with Crippen molar-refractivity contribution in [3.63, 3.8) is 0 Å². The molecule has 47 heavy (non-hydrogen) atoms. The van der Waals surface area contributed by atoms with E-state index in [0.29, 0.717) is 22.4 Å². The third-order valence-corrected chi connectivity index (χ3v) is 7.57. The molecule has 256 valence electrons. The molecule has 1 aromatic carbocycles. The number of anilines is 1. The summed E-state index contributed by atoms with van der Waals surface area (Å²) in [6.07, 6.45) is -8.94. The number of hydrogen-bond donors (Lipinski definition) is 1. The van der Waals surface area contributed by atoms with Crippen LogP contribution in [0.4, 0.5) is 32.2 Å². The molecule has 1 aliphatic heterocycles. The molecule has 0 saturated heterocycles. The summed E-state index contributed by atoms with van der Waals surface area (Å²) in [5, 5.41) is 7.23. The zero-order valence-electron chi connectivity index (χ0n) is 26.3. The van der Waals surface area contributed by atoms with Gasteiger partial charge < -0.3 is 19.5 Å². The van der Waals surface area contributed by atoms with Gasteiger partial charge in [0.25, 0.3) is 0 Å². The first-order valence-corrected chi connectivity index (χ1v) is 14.9. The number of carbonyl (C=O) groups excluding carboxylic acids is 2. The van der Waals surface area contributed by atoms with Gasteiger partial charge in [0.15, 0.2) is 0 Å². The maximum atomic E-state index is 13.6. The number of aryl methyl sites for hydroxylation is 1. The minimum absolute atomic E-state index is 0.0170. The molecule has 0 spiro atoms. The van der Waals surface area contributed by atoms with Gasteiger partial charge in [-0.1, -0.05) is 39.0 Å². The molecule has 1 atom stereocenters. The van der Waals surface area contributed by atoms with Crippen LogP contribution in [0.5, 0.6) is 11.6 Å². The number of nitrogens with one attached hydrogen (secondary N) is 1. The lowest BCUT2D eigenvalue weighted by molar-refractivity contribution is -0.202. The van der Waals surface area contributed by atoms with Crippen molar-refractivity contribution in [3.8, 4) is 11.6 Å². The lowest BCUT2D eigenvalue weighted by Gasteiger charge is -2.25. The largest absolute Gasteiger partial charge is 0.496 e. The van der Waals surface area contributed by atoms with Crippen molar-refractivity contribution in [3.05, 3.63) is 64.5 Å². The second-order valence-electron chi connectivity index (χ2n) is 12.3. The fourth-order valence-corrected chi connectivity index (χ4v) is 5.21. The molecule has 1 aliphatic rings. The number of pyridine rings is 1. The highest BCUT2D eigenvalue weighted by atomic mass is 19.4. The Labute approximate surface area is 267 Å². The van der Waals surface area contributed by atoms with Crippen LogP contribution in [0.3, 0.4) is 0 Å². The standard InChI is InChI=1S/C32H36F6N4O5/c1-30(2,3)21-8-10-25(45-4)24(16-21)20(15-27(43)47-29(44)32(36,37)38)14-23-17-26(41-42(23)18-31(33,34)35)46-13-11-22-9-7-19-6-5-12-39-28(19)40-22/h7-10,16-17,20H,5-6,11-15,18H2,1-4H3,(H,39,40). The van der Waals surface area contributed by atoms with Crippen molar-refractivity contribution < 1.29 is 50.1 Å². The van der Waals surface area contributed by atoms with Crippen LogP contribution in [0.25, 0.3) is 0 Å². The van der Waals surface area contributed by atoms with Crippen molar-refractivity contribution >= 4 is 17.8 Å². The number of benzene rings is 1. The van der Waals surface area contributed by atoms with Gasteiger partial charge in [-0.2, -0.15) is 26.3 Å². The SMILES string of the molecule is COc1ccc(C(C)(C)C)cc1C(CC(=O)OC(=O)C(F)(F)F)Cc1cc(OCCc2ccc3c(n2)NCCC3)nn1CC(F)(F)F. The molecule has 9 nitrogen and oxygen atoms in total. The Morgan fingerprint density at radius 2 is 1.79 bits per heavy atom. The Morgan fingerprint density at radius 1 is 1.04 bits per heavy atom. The number of alkyl halides is 6. The van der Waals surface area contributed by atoms with Crippen LogP contribution in [0.1, 0.15) is 67.6 Å². The van der Waals surface area contributed by atoms with Crippen molar-refractivity contribution in [2.75, 3.05) is 25.6 Å². The second kappa shape index (κ2) is 14.2. The highest BCUT2D eigenvalue weighted by molar-refractivity contribution is 5.88. The van der Waals surface area contributed by atoms with E-state index in [1.807, 2.05) is 32.9 Å². The number of fused-ring (bicyclic) bond motifs is 1. The Kier molecular flexibility index (Phi) is 10.8. The van der Waals surface area contributed by atoms with E-state index < -0.39 is 48.6 Å². The maximum Gasteiger partial charge on any atom is 0.491 e. The first-order chi connectivity index (χ1) is 21.9. The van der Waals surface area contributed by atoms with E-state index in [9.17, 15) is 35.9 Å². The minimum Gasteiger partial charge on any atom is -0.496 e. The van der Waals surface area contributed by atoms with Gasteiger partial charge in [-0.3, -0.25) is 9.48 Å². The van der Waals surface area contributed by atoms with E-state index in [1.165, 1.54) is 13.2 Å². The summed E-state index contributed by atoms with van der Waals surface area (Å²) in [4.78, 5) is 28.6. The summed E-state index contributed by atoms with van der Waals surface area (Å²) in [5.74, 6) is -4.38. The third kappa shape index (κ3) is 9.85. The highest BCUT2D eigenvalue weighted by Gasteiger charge is 2.43. The Morgan fingerprint density at radius 3 is 2.45 bits per heavy atom. The summed E-state index contributed by atoms with van der Waals surface area (Å²) in [7, 11) is 1.34. The van der Waals surface area contributed by atoms with Gasteiger partial charge in [0.2, 0.25) is 5.88 Å². The fourth-order valence-electron chi connectivity index (χ4n) is 5.21. The monoisotopic (exact) mass is 670 g/mol. The average Bonchev–Trinajstić information content (AvgIpc) is 3.34. The van der Waals surface area contributed by atoms with E-state index in [1.54, 1.807) is 18.2 Å². The summed E-state index contributed by atoms with van der Waals surface area (Å²) in [6.45, 7) is 5.08. The minimum atomic E-state index is -5.42. The van der Waals surface area contributed by atoms with Crippen LogP contribution in [0, 0.1) is 0 Å². The van der Waals surface area contributed by atoms with Crippen LogP contribution < -0.4 is 14.8 Å². The van der Waals surface area contributed by atoms with E-state index >= 15 is 0 Å². The Bertz CT molecular complexity index is 1580. The molecule has 0 fully saturated rings. The third-order valence-electron chi connectivity index (χ3n) is 7.57. The van der Waals surface area contributed by atoms with Crippen molar-refractivity contribution in [2.24, 2.45) is 0 Å². The first-order valence-electron chi connectivity index (χ1n) is 14.9. The van der Waals surface area contributed by atoms with Crippen LogP contribution >= 0.6 is 0 Å². The molecule has 15 heteroatoms. The van der Waals surface area contributed by atoms with E-state index in [4.69, 9.17) is 9.47 Å². The zero-order chi connectivity index (χ0) is 34.6. The number of carbonyl (C=O) groups is 2. The van der Waals surface area contributed by atoms with Crippen molar-refractivity contribution in [1.82, 2.24) is 14.8 Å². The summed E-state index contributed by atoms with van der Waals surface area (Å²) in [5.41, 5.74) is 2.47. The molecule has 1 N–H and O–H groups in total. The van der Waals surface area contributed by atoms with E-state index in [0.717, 1.165) is 36.3 Å². The fraction of sp³-hybridized carbons (Fsp3) is 0.500. The van der Waals surface area contributed by atoms with Gasteiger partial charge >= 0.3 is 24.3 Å². The molecule has 0 aliphatic carbocycles. The molecule has 3 aromatic rings. The topological polar surface area (TPSA) is 105 Å². The molecule has 0 amide bonds. The van der Waals surface area contributed by atoms with Gasteiger partial charge in [-0.15, -0.1) is 5.10 Å². The van der Waals surface area contributed by atoms with Crippen molar-refractivity contribution in [2.45, 2.75) is 83.1 Å². The first kappa shape index (κ1) is 35.6. The quantitative estimate of drug-likeness (QED) is 0.141. The predicted octanol–water partition coefficient (Wildman–Crippen LogP) is 6.47. The summed E-state index contributed by atoms with van der Waals surface area (Å²) in [6, 6.07) is 10.1. The van der Waals surface area contributed by atoms with E-state index in [2.05, 4.69) is 20.1 Å². The average molecular weight is 671 g/mol. The highest BCUT2D eigenvalue weighted by Crippen LogP contribution is 2.37. The molecule has 2 aromatic heterocycles. The number of hydrogen-bond acceptors (Lipinski definition) is 8. The number of aromatic nitrogens is 3. The number of halogens is 6. The van der Waals surface area contributed by atoms with Crippen LogP contribution in [-0.2, 0) is 45.5 Å². The molecule has 0 radical (unpaired) electrons. The van der Waals surface area contributed by atoms with Crippen LogP contribution in [-0.4, -0.2) is 59.3 Å². The smallest absolute Gasteiger partial charge is 0.491 e. The van der Waals surface area contributed by atoms with Crippen LogP contribution in [0.15, 0.2) is 36.4 Å². The molecular weight excluding hydrogens is 634 g/mol. The van der Waals surface area contributed by atoms with Gasteiger partial charge in [0, 0.05) is 36.3 Å². The molecule has 0 bridgehead atoms. The lowest BCUT2D eigenvalue weighted by Crippen LogP contribution is -2.29. The summed E-state index contributed by atoms with van der Waals surface area (Å²) >= 11 is 0. The van der Waals surface area contributed by atoms with E-state index in [-0.39, 0.29) is 30.4 Å². The summed E-state index contributed by atoms with van der Waals surface area (Å²) < 4.78 is 95.2. The Hall–Kier alpha value is -4.30.